The summed E-state index contributed by atoms with van der Waals surface area (Å²) in [7, 11) is 0. The molecule has 0 N–H and O–H groups in total. The Hall–Kier alpha value is -1.99. The maximum atomic E-state index is 13.0. The molecule has 0 atom stereocenters. The third-order valence-electron chi connectivity index (χ3n) is 3.69. The van der Waals surface area contributed by atoms with E-state index in [1.807, 2.05) is 17.0 Å². The minimum atomic E-state index is 0.00575. The molecule has 24 heavy (non-hydrogen) atoms. The van der Waals surface area contributed by atoms with E-state index in [0.717, 1.165) is 30.5 Å². The zero-order chi connectivity index (χ0) is 16.8. The Kier molecular flexibility index (Phi) is 5.77. The van der Waals surface area contributed by atoms with Crippen LogP contribution in [0.3, 0.4) is 0 Å². The lowest BCUT2D eigenvalue weighted by molar-refractivity contribution is 0.0748. The second-order valence-corrected chi connectivity index (χ2v) is 7.27. The molecule has 1 amide bonds. The zero-order valence-electron chi connectivity index (χ0n) is 13.5. The molecule has 0 spiro atoms. The van der Waals surface area contributed by atoms with E-state index in [1.54, 1.807) is 23.9 Å². The predicted octanol–water partition coefficient (Wildman–Crippen LogP) is 4.03. The first-order chi connectivity index (χ1) is 11.8. The van der Waals surface area contributed by atoms with Gasteiger partial charge in [0.25, 0.3) is 5.91 Å². The molecule has 7 heteroatoms. The molecule has 0 unspecified atom stereocenters. The van der Waals surface area contributed by atoms with Gasteiger partial charge in [-0.25, -0.2) is 0 Å². The number of amides is 1. The van der Waals surface area contributed by atoms with Crippen molar-refractivity contribution in [3.63, 3.8) is 0 Å². The molecule has 5 nitrogen and oxygen atoms in total. The summed E-state index contributed by atoms with van der Waals surface area (Å²) in [4.78, 5) is 16.8. The van der Waals surface area contributed by atoms with Gasteiger partial charge in [-0.2, -0.15) is 0 Å². The highest BCUT2D eigenvalue weighted by Crippen LogP contribution is 2.19. The van der Waals surface area contributed by atoms with E-state index < -0.39 is 0 Å². The third-order valence-corrected chi connectivity index (χ3v) is 5.38. The fourth-order valence-electron chi connectivity index (χ4n) is 2.47. The second kappa shape index (κ2) is 8.21. The van der Waals surface area contributed by atoms with E-state index in [4.69, 9.17) is 4.42 Å². The highest BCUT2D eigenvalue weighted by atomic mass is 32.1. The van der Waals surface area contributed by atoms with E-state index >= 15 is 0 Å². The third kappa shape index (κ3) is 4.10. The van der Waals surface area contributed by atoms with Crippen LogP contribution in [0.5, 0.6) is 0 Å². The van der Waals surface area contributed by atoms with Crippen LogP contribution < -0.4 is 0 Å². The first-order valence-corrected chi connectivity index (χ1v) is 9.57. The van der Waals surface area contributed by atoms with E-state index in [2.05, 4.69) is 28.0 Å². The number of nitrogens with zero attached hydrogens (tertiary/aromatic N) is 3. The summed E-state index contributed by atoms with van der Waals surface area (Å²) in [5.74, 6) is 0.00575. The summed E-state index contributed by atoms with van der Waals surface area (Å²) in [5.41, 5.74) is 1.80. The van der Waals surface area contributed by atoms with Gasteiger partial charge in [-0.1, -0.05) is 23.9 Å². The first-order valence-electron chi connectivity index (χ1n) is 7.92. The zero-order valence-corrected chi connectivity index (χ0v) is 15.1. The van der Waals surface area contributed by atoms with Crippen molar-refractivity contribution in [1.82, 2.24) is 14.5 Å². The van der Waals surface area contributed by atoms with Gasteiger partial charge in [0, 0.05) is 23.5 Å². The molecule has 0 aromatic carbocycles. The Labute approximate surface area is 149 Å². The fraction of sp³-hybridized carbons (Fsp3) is 0.353. The lowest BCUT2D eigenvalue weighted by Gasteiger charge is -2.21. The summed E-state index contributed by atoms with van der Waals surface area (Å²) in [6.07, 6.45) is 5.89. The van der Waals surface area contributed by atoms with Crippen LogP contribution in [0.4, 0.5) is 0 Å². The first kappa shape index (κ1) is 16.9. The quantitative estimate of drug-likeness (QED) is 0.608. The molecular weight excluding hydrogens is 342 g/mol. The van der Waals surface area contributed by atoms with Crippen molar-refractivity contribution in [2.75, 3.05) is 6.54 Å². The van der Waals surface area contributed by atoms with Crippen LogP contribution in [0.1, 0.15) is 39.2 Å². The van der Waals surface area contributed by atoms with Gasteiger partial charge in [-0.15, -0.1) is 16.4 Å². The topological polar surface area (TPSA) is 59.2 Å². The molecule has 3 rings (SSSR count). The van der Waals surface area contributed by atoms with Gasteiger partial charge in [0.15, 0.2) is 0 Å². The molecule has 0 saturated heterocycles. The summed E-state index contributed by atoms with van der Waals surface area (Å²) in [6.45, 7) is 3.27. The Balaban J connectivity index is 1.76. The molecule has 0 fully saturated rings. The van der Waals surface area contributed by atoms with Gasteiger partial charge in [-0.3, -0.25) is 4.79 Å². The summed E-state index contributed by atoms with van der Waals surface area (Å²) in [6, 6.07) is 6.03. The molecule has 0 aliphatic heterocycles. The van der Waals surface area contributed by atoms with E-state index in [1.165, 1.54) is 16.4 Å². The highest BCUT2D eigenvalue weighted by molar-refractivity contribution is 7.09. The number of carbonyl (C=O) groups excluding carboxylic acids is 1. The maximum absolute atomic E-state index is 13.0. The van der Waals surface area contributed by atoms with E-state index in [9.17, 15) is 4.79 Å². The number of furan rings is 1. The predicted molar refractivity (Wildman–Crippen MR) is 95.4 cm³/mol. The van der Waals surface area contributed by atoms with Gasteiger partial charge in [0.2, 0.25) is 0 Å². The van der Waals surface area contributed by atoms with Gasteiger partial charge >= 0.3 is 0 Å². The van der Waals surface area contributed by atoms with Crippen molar-refractivity contribution in [1.29, 1.82) is 0 Å². The van der Waals surface area contributed by atoms with Crippen LogP contribution in [0.2, 0.25) is 0 Å². The Morgan fingerprint density at radius 2 is 2.25 bits per heavy atom. The van der Waals surface area contributed by atoms with Crippen LogP contribution >= 0.6 is 22.9 Å². The van der Waals surface area contributed by atoms with Crippen LogP contribution in [0.25, 0.3) is 0 Å². The number of carbonyl (C=O) groups is 1. The van der Waals surface area contributed by atoms with Gasteiger partial charge < -0.3 is 9.32 Å². The number of rotatable bonds is 8. The van der Waals surface area contributed by atoms with Crippen LogP contribution in [-0.4, -0.2) is 26.9 Å². The molecule has 3 aromatic rings. The number of thiophene rings is 1. The number of aryl methyl sites for hydroxylation is 1. The van der Waals surface area contributed by atoms with Crippen molar-refractivity contribution in [3.8, 4) is 0 Å². The largest absolute Gasteiger partial charge is 0.472 e. The van der Waals surface area contributed by atoms with Crippen molar-refractivity contribution in [2.24, 2.45) is 0 Å². The van der Waals surface area contributed by atoms with Gasteiger partial charge in [-0.05, 0) is 41.9 Å². The number of hydrogen-bond acceptors (Lipinski definition) is 6. The number of hydrogen-bond donors (Lipinski definition) is 0. The Morgan fingerprint density at radius 1 is 1.33 bits per heavy atom. The van der Waals surface area contributed by atoms with Crippen LogP contribution in [-0.2, 0) is 19.4 Å². The average Bonchev–Trinajstić information content (AvgIpc) is 3.33. The minimum Gasteiger partial charge on any atom is -0.472 e. The number of aromatic nitrogens is 2. The highest BCUT2D eigenvalue weighted by Gasteiger charge is 2.22. The van der Waals surface area contributed by atoms with Gasteiger partial charge in [0.05, 0.1) is 18.2 Å². The molecule has 3 aromatic heterocycles. The fourth-order valence-corrected chi connectivity index (χ4v) is 3.85. The molecule has 0 saturated carbocycles. The van der Waals surface area contributed by atoms with Gasteiger partial charge in [0.1, 0.15) is 4.88 Å². The molecule has 3 heterocycles. The molecular formula is C17H19N3O2S2. The monoisotopic (exact) mass is 361 g/mol. The Morgan fingerprint density at radius 3 is 2.96 bits per heavy atom. The SMILES string of the molecule is CCCc1nnsc1C(=O)N(CCc1cccs1)Cc1ccoc1. The van der Waals surface area contributed by atoms with E-state index in [0.29, 0.717) is 18.0 Å². The van der Waals surface area contributed by atoms with Crippen molar-refractivity contribution >= 4 is 28.8 Å². The smallest absolute Gasteiger partial charge is 0.267 e. The summed E-state index contributed by atoms with van der Waals surface area (Å²) >= 11 is 2.90. The van der Waals surface area contributed by atoms with Crippen molar-refractivity contribution in [2.45, 2.75) is 32.7 Å². The molecule has 0 aliphatic rings. The van der Waals surface area contributed by atoms with Crippen molar-refractivity contribution in [3.05, 3.63) is 57.1 Å². The second-order valence-electron chi connectivity index (χ2n) is 5.49. The minimum absolute atomic E-state index is 0.00575. The maximum Gasteiger partial charge on any atom is 0.267 e. The van der Waals surface area contributed by atoms with Crippen LogP contribution in [0.15, 0.2) is 40.5 Å². The standard InChI is InChI=1S/C17H19N3O2S2/c1-2-4-15-16(24-19-18-15)17(21)20(11-13-7-9-22-12-13)8-6-14-5-3-10-23-14/h3,5,7,9-10,12H,2,4,6,8,11H2,1H3. The average molecular weight is 361 g/mol. The molecule has 0 aliphatic carbocycles. The van der Waals surface area contributed by atoms with Crippen molar-refractivity contribution < 1.29 is 9.21 Å². The molecule has 0 bridgehead atoms. The van der Waals surface area contributed by atoms with E-state index in [-0.39, 0.29) is 5.91 Å². The molecule has 0 radical (unpaired) electrons. The summed E-state index contributed by atoms with van der Waals surface area (Å²) < 4.78 is 9.12. The summed E-state index contributed by atoms with van der Waals surface area (Å²) in [5, 5.41) is 6.18. The van der Waals surface area contributed by atoms with Crippen LogP contribution in [0, 0.1) is 0 Å². The lowest BCUT2D eigenvalue weighted by Crippen LogP contribution is -2.32. The lowest BCUT2D eigenvalue weighted by atomic mass is 10.2. The normalized spacial score (nSPS) is 10.9. The Bertz CT molecular complexity index is 751. The molecule has 126 valence electrons.